The highest BCUT2D eigenvalue weighted by atomic mass is 19.1. The van der Waals surface area contributed by atoms with E-state index >= 15 is 0 Å². The minimum absolute atomic E-state index is 0.137. The molecule has 106 valence electrons. The number of rotatable bonds is 4. The molecular formula is C17H26FN. The van der Waals surface area contributed by atoms with Gasteiger partial charge in [0, 0.05) is 12.1 Å². The summed E-state index contributed by atoms with van der Waals surface area (Å²) in [5.41, 5.74) is 1.52. The van der Waals surface area contributed by atoms with Gasteiger partial charge in [0.1, 0.15) is 5.82 Å². The van der Waals surface area contributed by atoms with Crippen molar-refractivity contribution in [3.63, 3.8) is 0 Å². The Bertz CT molecular complexity index is 413. The Hall–Kier alpha value is -0.890. The normalized spacial score (nSPS) is 24.1. The predicted molar refractivity (Wildman–Crippen MR) is 78.6 cm³/mol. The molecule has 0 heterocycles. The first-order chi connectivity index (χ1) is 9.00. The van der Waals surface area contributed by atoms with Crippen LogP contribution in [0, 0.1) is 11.2 Å². The summed E-state index contributed by atoms with van der Waals surface area (Å²) in [5, 5.41) is 3.74. The number of hydrogen-bond acceptors (Lipinski definition) is 1. The summed E-state index contributed by atoms with van der Waals surface area (Å²) in [7, 11) is 0. The smallest absolute Gasteiger partial charge is 0.123 e. The summed E-state index contributed by atoms with van der Waals surface area (Å²) in [5.74, 6) is -0.137. The third kappa shape index (κ3) is 4.04. The molecule has 0 bridgehead atoms. The molecule has 2 rings (SSSR count). The molecule has 19 heavy (non-hydrogen) atoms. The van der Waals surface area contributed by atoms with Crippen molar-refractivity contribution in [1.82, 2.24) is 5.32 Å². The Labute approximate surface area is 116 Å². The molecule has 1 saturated carbocycles. The van der Waals surface area contributed by atoms with Crippen LogP contribution in [0.1, 0.15) is 64.5 Å². The highest BCUT2D eigenvalue weighted by Gasteiger charge is 2.29. The van der Waals surface area contributed by atoms with Gasteiger partial charge in [0.25, 0.3) is 0 Å². The molecule has 1 aromatic carbocycles. The average molecular weight is 263 g/mol. The van der Waals surface area contributed by atoms with Crippen LogP contribution in [0.25, 0.3) is 0 Å². The lowest BCUT2D eigenvalue weighted by Crippen LogP contribution is -2.39. The summed E-state index contributed by atoms with van der Waals surface area (Å²) in [6.45, 7) is 6.87. The van der Waals surface area contributed by atoms with Gasteiger partial charge in [0.05, 0.1) is 0 Å². The van der Waals surface area contributed by atoms with Gasteiger partial charge in [-0.3, -0.25) is 0 Å². The molecule has 1 aliphatic carbocycles. The van der Waals surface area contributed by atoms with E-state index in [1.54, 1.807) is 12.1 Å². The Balaban J connectivity index is 2.03. The Morgan fingerprint density at radius 2 is 2.21 bits per heavy atom. The van der Waals surface area contributed by atoms with Crippen LogP contribution in [0.5, 0.6) is 0 Å². The Kier molecular flexibility index (Phi) is 4.62. The van der Waals surface area contributed by atoms with Crippen LogP contribution >= 0.6 is 0 Å². The standard InChI is InChI=1S/C17H26FN/c1-4-16(13-7-5-8-14(18)11-13)19-15-9-6-10-17(2,3)12-15/h5,7-8,11,15-16,19H,4,6,9-10,12H2,1-3H3. The van der Waals surface area contributed by atoms with Gasteiger partial charge >= 0.3 is 0 Å². The van der Waals surface area contributed by atoms with Crippen molar-refractivity contribution in [2.45, 2.75) is 65.0 Å². The van der Waals surface area contributed by atoms with Crippen molar-refractivity contribution in [2.24, 2.45) is 5.41 Å². The fraction of sp³-hybridized carbons (Fsp3) is 0.647. The molecule has 0 amide bonds. The van der Waals surface area contributed by atoms with E-state index in [4.69, 9.17) is 0 Å². The van der Waals surface area contributed by atoms with Gasteiger partial charge in [-0.1, -0.05) is 39.3 Å². The molecule has 2 atom stereocenters. The van der Waals surface area contributed by atoms with Crippen LogP contribution in [0.4, 0.5) is 4.39 Å². The van der Waals surface area contributed by atoms with Crippen LogP contribution in [-0.2, 0) is 0 Å². The molecular weight excluding hydrogens is 237 g/mol. The maximum Gasteiger partial charge on any atom is 0.123 e. The second-order valence-corrected chi connectivity index (χ2v) is 6.64. The molecule has 1 nitrogen and oxygen atoms in total. The van der Waals surface area contributed by atoms with Crippen LogP contribution < -0.4 is 5.32 Å². The van der Waals surface area contributed by atoms with E-state index in [1.807, 2.05) is 6.07 Å². The molecule has 1 aliphatic rings. The van der Waals surface area contributed by atoms with Crippen LogP contribution in [0.15, 0.2) is 24.3 Å². The third-order valence-electron chi connectivity index (χ3n) is 4.30. The molecule has 1 aromatic rings. The van der Waals surface area contributed by atoms with E-state index in [9.17, 15) is 4.39 Å². The maximum absolute atomic E-state index is 13.3. The van der Waals surface area contributed by atoms with Gasteiger partial charge in [0.15, 0.2) is 0 Å². The van der Waals surface area contributed by atoms with Gasteiger partial charge in [-0.05, 0) is 48.8 Å². The molecule has 0 saturated heterocycles. The summed E-state index contributed by atoms with van der Waals surface area (Å²) in [6, 6.07) is 7.85. The summed E-state index contributed by atoms with van der Waals surface area (Å²) < 4.78 is 13.3. The number of hydrogen-bond donors (Lipinski definition) is 1. The van der Waals surface area contributed by atoms with Crippen molar-refractivity contribution in [3.8, 4) is 0 Å². The Morgan fingerprint density at radius 1 is 1.42 bits per heavy atom. The first kappa shape index (κ1) is 14.5. The highest BCUT2D eigenvalue weighted by molar-refractivity contribution is 5.20. The second kappa shape index (κ2) is 6.04. The summed E-state index contributed by atoms with van der Waals surface area (Å²) in [6.07, 6.45) is 6.08. The third-order valence-corrected chi connectivity index (χ3v) is 4.30. The first-order valence-corrected chi connectivity index (χ1v) is 7.52. The SMILES string of the molecule is CCC(NC1CCCC(C)(C)C1)c1cccc(F)c1. The molecule has 1 N–H and O–H groups in total. The van der Waals surface area contributed by atoms with E-state index in [0.717, 1.165) is 12.0 Å². The van der Waals surface area contributed by atoms with Crippen LogP contribution in [-0.4, -0.2) is 6.04 Å². The van der Waals surface area contributed by atoms with Crippen molar-refractivity contribution in [3.05, 3.63) is 35.6 Å². The van der Waals surface area contributed by atoms with Crippen molar-refractivity contribution in [2.75, 3.05) is 0 Å². The average Bonchev–Trinajstić information content (AvgIpc) is 2.35. The zero-order chi connectivity index (χ0) is 13.9. The van der Waals surface area contributed by atoms with Crippen LogP contribution in [0.2, 0.25) is 0 Å². The summed E-state index contributed by atoms with van der Waals surface area (Å²) >= 11 is 0. The van der Waals surface area contributed by atoms with Crippen molar-refractivity contribution < 1.29 is 4.39 Å². The minimum Gasteiger partial charge on any atom is -0.307 e. The van der Waals surface area contributed by atoms with Gasteiger partial charge in [-0.2, -0.15) is 0 Å². The summed E-state index contributed by atoms with van der Waals surface area (Å²) in [4.78, 5) is 0. The first-order valence-electron chi connectivity index (χ1n) is 7.52. The molecule has 0 aliphatic heterocycles. The fourth-order valence-corrected chi connectivity index (χ4v) is 3.30. The molecule has 0 spiro atoms. The highest BCUT2D eigenvalue weighted by Crippen LogP contribution is 2.36. The zero-order valence-electron chi connectivity index (χ0n) is 12.4. The zero-order valence-corrected chi connectivity index (χ0v) is 12.4. The minimum atomic E-state index is -0.137. The van der Waals surface area contributed by atoms with Gasteiger partial charge in [-0.15, -0.1) is 0 Å². The quantitative estimate of drug-likeness (QED) is 0.820. The maximum atomic E-state index is 13.3. The van der Waals surface area contributed by atoms with E-state index in [-0.39, 0.29) is 11.9 Å². The van der Waals surface area contributed by atoms with Gasteiger partial charge in [-0.25, -0.2) is 4.39 Å². The van der Waals surface area contributed by atoms with Crippen molar-refractivity contribution >= 4 is 0 Å². The lowest BCUT2D eigenvalue weighted by molar-refractivity contribution is 0.188. The number of benzene rings is 1. The Morgan fingerprint density at radius 3 is 2.84 bits per heavy atom. The van der Waals surface area contributed by atoms with Gasteiger partial charge < -0.3 is 5.32 Å². The molecule has 1 fully saturated rings. The molecule has 0 aromatic heterocycles. The number of halogens is 1. The van der Waals surface area contributed by atoms with Gasteiger partial charge in [0.2, 0.25) is 0 Å². The predicted octanol–water partition coefficient (Wildman–Crippen LogP) is 4.84. The largest absolute Gasteiger partial charge is 0.307 e. The van der Waals surface area contributed by atoms with Crippen molar-refractivity contribution in [1.29, 1.82) is 0 Å². The molecule has 0 radical (unpaired) electrons. The van der Waals surface area contributed by atoms with Crippen LogP contribution in [0.3, 0.4) is 0 Å². The fourth-order valence-electron chi connectivity index (χ4n) is 3.30. The molecule has 2 heteroatoms. The molecule has 2 unspecified atom stereocenters. The van der Waals surface area contributed by atoms with E-state index in [1.165, 1.54) is 31.7 Å². The van der Waals surface area contributed by atoms with E-state index < -0.39 is 0 Å². The number of nitrogens with one attached hydrogen (secondary N) is 1. The van der Waals surface area contributed by atoms with E-state index in [0.29, 0.717) is 11.5 Å². The lowest BCUT2D eigenvalue weighted by atomic mass is 9.75. The lowest BCUT2D eigenvalue weighted by Gasteiger charge is -2.37. The monoisotopic (exact) mass is 263 g/mol. The topological polar surface area (TPSA) is 12.0 Å². The van der Waals surface area contributed by atoms with E-state index in [2.05, 4.69) is 26.1 Å². The second-order valence-electron chi connectivity index (χ2n) is 6.64.